The molecule has 0 unspecified atom stereocenters. The largest absolute Gasteiger partial charge is 0.321 e. The number of aromatic amines is 1. The third-order valence-corrected chi connectivity index (χ3v) is 4.74. The van der Waals surface area contributed by atoms with Gasteiger partial charge in [0.05, 0.1) is 16.9 Å². The van der Waals surface area contributed by atoms with Gasteiger partial charge >= 0.3 is 0 Å². The highest BCUT2D eigenvalue weighted by Crippen LogP contribution is 2.33. The van der Waals surface area contributed by atoms with Gasteiger partial charge in [0.1, 0.15) is 0 Å². The number of amides is 1. The fourth-order valence-corrected chi connectivity index (χ4v) is 3.36. The summed E-state index contributed by atoms with van der Waals surface area (Å²) < 4.78 is 0. The number of benzene rings is 2. The lowest BCUT2D eigenvalue weighted by Gasteiger charge is -1.99. The Balaban J connectivity index is 1.49. The van der Waals surface area contributed by atoms with Gasteiger partial charge in [0.2, 0.25) is 0 Å². The summed E-state index contributed by atoms with van der Waals surface area (Å²) in [5.41, 5.74) is 6.04. The molecule has 1 aliphatic heterocycles. The Morgan fingerprint density at radius 2 is 1.82 bits per heavy atom. The maximum atomic E-state index is 12.3. The molecule has 5 nitrogen and oxygen atoms in total. The number of carbonyl (C=O) groups excluding carboxylic acids is 1. The first-order chi connectivity index (χ1) is 13.8. The van der Waals surface area contributed by atoms with Gasteiger partial charge in [-0.25, -0.2) is 0 Å². The molecular weight excluding hydrogens is 348 g/mol. The number of hydrogen-bond acceptors (Lipinski definition) is 3. The van der Waals surface area contributed by atoms with Crippen LogP contribution in [0.25, 0.3) is 34.7 Å². The van der Waals surface area contributed by atoms with E-state index in [1.165, 1.54) is 0 Å². The average molecular weight is 364 g/mol. The molecule has 0 aliphatic carbocycles. The van der Waals surface area contributed by atoms with E-state index in [1.54, 1.807) is 6.20 Å². The monoisotopic (exact) mass is 364 g/mol. The average Bonchev–Trinajstić information content (AvgIpc) is 3.28. The lowest BCUT2D eigenvalue weighted by molar-refractivity contribution is -0.110. The number of aromatic nitrogens is 3. The Hall–Kier alpha value is -3.99. The zero-order valence-corrected chi connectivity index (χ0v) is 14.9. The molecule has 1 aliphatic rings. The molecule has 0 fully saturated rings. The number of rotatable bonds is 3. The number of pyridine rings is 1. The normalized spacial score (nSPS) is 14.7. The van der Waals surface area contributed by atoms with Crippen LogP contribution in [0, 0.1) is 0 Å². The summed E-state index contributed by atoms with van der Waals surface area (Å²) in [6.07, 6.45) is 7.55. The van der Waals surface area contributed by atoms with Gasteiger partial charge in [-0.15, -0.1) is 0 Å². The minimum absolute atomic E-state index is 0.0788. The van der Waals surface area contributed by atoms with Crippen molar-refractivity contribution in [3.8, 4) is 0 Å². The van der Waals surface area contributed by atoms with Gasteiger partial charge in [0, 0.05) is 28.4 Å². The summed E-state index contributed by atoms with van der Waals surface area (Å²) in [4.78, 5) is 16.6. The van der Waals surface area contributed by atoms with E-state index in [4.69, 9.17) is 0 Å². The predicted molar refractivity (Wildman–Crippen MR) is 112 cm³/mol. The number of hydrogen-bond donors (Lipinski definition) is 2. The molecule has 134 valence electrons. The van der Waals surface area contributed by atoms with Crippen LogP contribution in [-0.2, 0) is 4.79 Å². The van der Waals surface area contributed by atoms with Gasteiger partial charge in [-0.2, -0.15) is 5.10 Å². The molecule has 0 saturated heterocycles. The summed E-state index contributed by atoms with van der Waals surface area (Å²) in [5, 5.41) is 11.4. The Morgan fingerprint density at radius 1 is 0.929 bits per heavy atom. The molecule has 0 bridgehead atoms. The van der Waals surface area contributed by atoms with E-state index < -0.39 is 0 Å². The second-order valence-corrected chi connectivity index (χ2v) is 6.56. The van der Waals surface area contributed by atoms with Crippen LogP contribution in [0.2, 0.25) is 0 Å². The molecule has 5 rings (SSSR count). The summed E-state index contributed by atoms with van der Waals surface area (Å²) in [7, 11) is 0. The van der Waals surface area contributed by atoms with Gasteiger partial charge in [0.25, 0.3) is 5.91 Å². The number of nitrogens with zero attached hydrogens (tertiary/aromatic N) is 2. The van der Waals surface area contributed by atoms with Crippen LogP contribution in [0.1, 0.15) is 22.5 Å². The summed E-state index contributed by atoms with van der Waals surface area (Å²) >= 11 is 0. The number of H-pyrrole nitrogens is 1. The Kier molecular flexibility index (Phi) is 3.84. The van der Waals surface area contributed by atoms with E-state index in [1.807, 2.05) is 78.9 Å². The summed E-state index contributed by atoms with van der Waals surface area (Å²) in [6, 6.07) is 19.5. The van der Waals surface area contributed by atoms with Crippen molar-refractivity contribution in [1.82, 2.24) is 15.2 Å². The van der Waals surface area contributed by atoms with Gasteiger partial charge in [-0.05, 0) is 54.1 Å². The van der Waals surface area contributed by atoms with E-state index in [-0.39, 0.29) is 5.91 Å². The molecule has 0 spiro atoms. The molecule has 0 atom stereocenters. The molecule has 4 aromatic rings. The smallest absolute Gasteiger partial charge is 0.256 e. The van der Waals surface area contributed by atoms with Crippen LogP contribution in [0.5, 0.6) is 0 Å². The lowest BCUT2D eigenvalue weighted by Crippen LogP contribution is -2.03. The first-order valence-corrected chi connectivity index (χ1v) is 8.98. The van der Waals surface area contributed by atoms with Crippen LogP contribution in [0.15, 0.2) is 66.9 Å². The Bertz CT molecular complexity index is 1250. The van der Waals surface area contributed by atoms with Crippen molar-refractivity contribution in [2.75, 3.05) is 5.32 Å². The molecule has 1 amide bonds. The molecule has 0 radical (unpaired) electrons. The Labute approximate surface area is 161 Å². The highest BCUT2D eigenvalue weighted by Gasteiger charge is 2.23. The first kappa shape index (κ1) is 16.2. The third-order valence-electron chi connectivity index (χ3n) is 4.74. The molecular formula is C23H16N4O. The van der Waals surface area contributed by atoms with Gasteiger partial charge in [0.15, 0.2) is 0 Å². The highest BCUT2D eigenvalue weighted by molar-refractivity contribution is 6.34. The number of para-hydroxylation sites is 1. The third kappa shape index (κ3) is 2.89. The number of anilines is 1. The molecule has 2 aromatic heterocycles. The zero-order chi connectivity index (χ0) is 18.9. The fraction of sp³-hybridized carbons (Fsp3) is 0. The van der Waals surface area contributed by atoms with Gasteiger partial charge in [-0.3, -0.25) is 14.9 Å². The number of carbonyl (C=O) groups is 1. The number of fused-ring (bicyclic) bond motifs is 2. The van der Waals surface area contributed by atoms with E-state index >= 15 is 0 Å². The van der Waals surface area contributed by atoms with Gasteiger partial charge < -0.3 is 5.32 Å². The highest BCUT2D eigenvalue weighted by atomic mass is 16.2. The van der Waals surface area contributed by atoms with Crippen LogP contribution < -0.4 is 5.32 Å². The van der Waals surface area contributed by atoms with Crippen molar-refractivity contribution in [2.45, 2.75) is 0 Å². The maximum Gasteiger partial charge on any atom is 0.256 e. The van der Waals surface area contributed by atoms with E-state index in [0.717, 1.165) is 39.1 Å². The summed E-state index contributed by atoms with van der Waals surface area (Å²) in [5.74, 6) is -0.0788. The molecule has 0 saturated carbocycles. The van der Waals surface area contributed by atoms with E-state index in [2.05, 4.69) is 20.5 Å². The standard InChI is InChI=1S/C23H16N4O/c28-23-19(17-6-1-2-7-20(17)25-23)13-15-8-10-18-21(26-27-22(18)14-15)11-9-16-5-3-4-12-24-16/h1-14H,(H,25,28)(H,26,27)/b11-9+,19-13-. The van der Waals surface area contributed by atoms with E-state index in [0.29, 0.717) is 5.57 Å². The topological polar surface area (TPSA) is 70.7 Å². The molecule has 28 heavy (non-hydrogen) atoms. The molecule has 3 heterocycles. The lowest BCUT2D eigenvalue weighted by atomic mass is 10.0. The van der Waals surface area contributed by atoms with Crippen LogP contribution in [0.3, 0.4) is 0 Å². The van der Waals surface area contributed by atoms with Crippen molar-refractivity contribution in [3.63, 3.8) is 0 Å². The Morgan fingerprint density at radius 3 is 2.71 bits per heavy atom. The van der Waals surface area contributed by atoms with Crippen molar-refractivity contribution in [2.24, 2.45) is 0 Å². The van der Waals surface area contributed by atoms with Crippen molar-refractivity contribution >= 4 is 46.3 Å². The fourth-order valence-electron chi connectivity index (χ4n) is 3.36. The zero-order valence-electron chi connectivity index (χ0n) is 14.9. The minimum atomic E-state index is -0.0788. The van der Waals surface area contributed by atoms with Crippen molar-refractivity contribution < 1.29 is 4.79 Å². The second kappa shape index (κ2) is 6.63. The summed E-state index contributed by atoms with van der Waals surface area (Å²) in [6.45, 7) is 0. The van der Waals surface area contributed by atoms with Crippen LogP contribution >= 0.6 is 0 Å². The molecule has 5 heteroatoms. The van der Waals surface area contributed by atoms with Crippen molar-refractivity contribution in [1.29, 1.82) is 0 Å². The van der Waals surface area contributed by atoms with Crippen molar-refractivity contribution in [3.05, 3.63) is 89.4 Å². The predicted octanol–water partition coefficient (Wildman–Crippen LogP) is 4.62. The maximum absolute atomic E-state index is 12.3. The number of nitrogens with one attached hydrogen (secondary N) is 2. The second-order valence-electron chi connectivity index (χ2n) is 6.56. The van der Waals surface area contributed by atoms with E-state index in [9.17, 15) is 4.79 Å². The van der Waals surface area contributed by atoms with Gasteiger partial charge in [-0.1, -0.05) is 30.3 Å². The minimum Gasteiger partial charge on any atom is -0.321 e. The van der Waals surface area contributed by atoms with Crippen LogP contribution in [-0.4, -0.2) is 21.1 Å². The molecule has 2 N–H and O–H groups in total. The first-order valence-electron chi connectivity index (χ1n) is 8.98. The quantitative estimate of drug-likeness (QED) is 0.521. The molecule has 2 aromatic carbocycles. The van der Waals surface area contributed by atoms with Crippen LogP contribution in [0.4, 0.5) is 5.69 Å². The SMILES string of the molecule is O=C1Nc2ccccc2/C1=C/c1ccc2c(/C=C/c3ccccn3)n[nH]c2c1.